The number of rotatable bonds is 2. The van der Waals surface area contributed by atoms with E-state index in [2.05, 4.69) is 5.32 Å². The van der Waals surface area contributed by atoms with Gasteiger partial charge in [0.2, 0.25) is 0 Å². The summed E-state index contributed by atoms with van der Waals surface area (Å²) in [7, 11) is 1.56. The summed E-state index contributed by atoms with van der Waals surface area (Å²) in [6.07, 6.45) is 0. The number of methoxy groups -OCH3 is 1. The molecule has 0 spiro atoms. The molecule has 1 aliphatic heterocycles. The summed E-state index contributed by atoms with van der Waals surface area (Å²) in [5.74, 6) is 0.173. The van der Waals surface area contributed by atoms with E-state index < -0.39 is 11.5 Å². The molecule has 1 unspecified atom stereocenters. The van der Waals surface area contributed by atoms with Crippen molar-refractivity contribution in [3.63, 3.8) is 0 Å². The number of ether oxygens (including phenoxy) is 1. The van der Waals surface area contributed by atoms with Gasteiger partial charge in [-0.1, -0.05) is 29.8 Å². The van der Waals surface area contributed by atoms with Crippen molar-refractivity contribution in [2.45, 2.75) is 5.60 Å². The summed E-state index contributed by atoms with van der Waals surface area (Å²) in [6.45, 7) is 0. The van der Waals surface area contributed by atoms with Crippen LogP contribution in [0.2, 0.25) is 5.02 Å². The molecule has 2 aromatic rings. The minimum Gasteiger partial charge on any atom is -0.497 e. The van der Waals surface area contributed by atoms with Crippen LogP contribution in [-0.4, -0.2) is 18.1 Å². The molecule has 0 saturated heterocycles. The first-order valence-corrected chi connectivity index (χ1v) is 6.42. The summed E-state index contributed by atoms with van der Waals surface area (Å²) in [5.41, 5.74) is -0.193. The van der Waals surface area contributed by atoms with Crippen LogP contribution >= 0.6 is 11.6 Å². The molecule has 1 amide bonds. The zero-order chi connectivity index (χ0) is 14.3. The minimum atomic E-state index is -1.70. The number of carbonyl (C=O) groups is 1. The van der Waals surface area contributed by atoms with Gasteiger partial charge in [-0.3, -0.25) is 4.79 Å². The Labute approximate surface area is 120 Å². The van der Waals surface area contributed by atoms with Gasteiger partial charge in [-0.15, -0.1) is 0 Å². The van der Waals surface area contributed by atoms with Crippen LogP contribution in [0.1, 0.15) is 11.1 Å². The highest BCUT2D eigenvalue weighted by atomic mass is 35.5. The maximum atomic E-state index is 12.2. The lowest BCUT2D eigenvalue weighted by atomic mass is 9.87. The molecule has 0 saturated carbocycles. The number of anilines is 1. The Morgan fingerprint density at radius 2 is 1.90 bits per heavy atom. The standard InChI is InChI=1S/C15H12ClNO3/c1-20-11-5-2-9(3-6-11)15(19)12-7-4-10(16)8-13(12)17-14(15)18/h2-8,19H,1H3,(H,17,18). The molecule has 1 heterocycles. The van der Waals surface area contributed by atoms with Crippen molar-refractivity contribution < 1.29 is 14.6 Å². The highest BCUT2D eigenvalue weighted by molar-refractivity contribution is 6.31. The third kappa shape index (κ3) is 1.77. The quantitative estimate of drug-likeness (QED) is 0.893. The van der Waals surface area contributed by atoms with Gasteiger partial charge >= 0.3 is 0 Å². The SMILES string of the molecule is COc1ccc(C2(O)C(=O)Nc3cc(Cl)ccc32)cc1. The average molecular weight is 290 g/mol. The summed E-state index contributed by atoms with van der Waals surface area (Å²) < 4.78 is 5.08. The summed E-state index contributed by atoms with van der Waals surface area (Å²) in [5, 5.41) is 14.0. The van der Waals surface area contributed by atoms with Crippen LogP contribution in [0.4, 0.5) is 5.69 Å². The number of carbonyl (C=O) groups excluding carboxylic acids is 1. The van der Waals surface area contributed by atoms with E-state index >= 15 is 0 Å². The van der Waals surface area contributed by atoms with E-state index in [0.717, 1.165) is 0 Å². The highest BCUT2D eigenvalue weighted by Crippen LogP contribution is 2.42. The molecule has 3 rings (SSSR count). The number of nitrogens with one attached hydrogen (secondary N) is 1. The maximum absolute atomic E-state index is 12.2. The molecule has 0 bridgehead atoms. The van der Waals surface area contributed by atoms with Crippen LogP contribution < -0.4 is 10.1 Å². The molecule has 2 N–H and O–H groups in total. The van der Waals surface area contributed by atoms with E-state index in [-0.39, 0.29) is 0 Å². The fourth-order valence-electron chi connectivity index (χ4n) is 2.39. The van der Waals surface area contributed by atoms with Gasteiger partial charge in [0.25, 0.3) is 5.91 Å². The number of benzene rings is 2. The Morgan fingerprint density at radius 1 is 1.20 bits per heavy atom. The predicted molar refractivity (Wildman–Crippen MR) is 76.1 cm³/mol. The lowest BCUT2D eigenvalue weighted by molar-refractivity contribution is -0.129. The molecule has 2 aromatic carbocycles. The Kier molecular flexibility index (Phi) is 2.92. The van der Waals surface area contributed by atoms with Crippen LogP contribution in [0.5, 0.6) is 5.75 Å². The smallest absolute Gasteiger partial charge is 0.265 e. The topological polar surface area (TPSA) is 58.6 Å². The Bertz CT molecular complexity index is 684. The van der Waals surface area contributed by atoms with Crippen LogP contribution in [0.3, 0.4) is 0 Å². The van der Waals surface area contributed by atoms with E-state index in [4.69, 9.17) is 16.3 Å². The van der Waals surface area contributed by atoms with E-state index in [1.54, 1.807) is 49.6 Å². The van der Waals surface area contributed by atoms with Crippen LogP contribution in [0.15, 0.2) is 42.5 Å². The molecular formula is C15H12ClNO3. The van der Waals surface area contributed by atoms with Crippen LogP contribution in [-0.2, 0) is 10.4 Å². The summed E-state index contributed by atoms with van der Waals surface area (Å²) in [4.78, 5) is 12.2. The maximum Gasteiger partial charge on any atom is 0.265 e. The number of aliphatic hydroxyl groups is 1. The van der Waals surface area contributed by atoms with E-state index in [1.807, 2.05) is 0 Å². The van der Waals surface area contributed by atoms with Crippen LogP contribution in [0, 0.1) is 0 Å². The normalized spacial score (nSPS) is 20.4. The van der Waals surface area contributed by atoms with Gasteiger partial charge < -0.3 is 15.2 Å². The van der Waals surface area contributed by atoms with Gasteiger partial charge in [0.05, 0.1) is 7.11 Å². The monoisotopic (exact) mass is 289 g/mol. The lowest BCUT2D eigenvalue weighted by Gasteiger charge is -2.21. The van der Waals surface area contributed by atoms with Crippen molar-refractivity contribution in [2.24, 2.45) is 0 Å². The third-order valence-corrected chi connectivity index (χ3v) is 3.69. The Hall–Kier alpha value is -2.04. The summed E-state index contributed by atoms with van der Waals surface area (Å²) in [6, 6.07) is 11.7. The van der Waals surface area contributed by atoms with Crippen molar-refractivity contribution in [1.82, 2.24) is 0 Å². The van der Waals surface area contributed by atoms with Gasteiger partial charge in [0, 0.05) is 16.3 Å². The van der Waals surface area contributed by atoms with Gasteiger partial charge in [-0.2, -0.15) is 0 Å². The number of fused-ring (bicyclic) bond motifs is 1. The number of hydrogen-bond donors (Lipinski definition) is 2. The van der Waals surface area contributed by atoms with Crippen LogP contribution in [0.25, 0.3) is 0 Å². The fraction of sp³-hybridized carbons (Fsp3) is 0.133. The first-order chi connectivity index (χ1) is 9.55. The summed E-state index contributed by atoms with van der Waals surface area (Å²) >= 11 is 5.90. The van der Waals surface area contributed by atoms with E-state index in [1.165, 1.54) is 0 Å². The first-order valence-electron chi connectivity index (χ1n) is 6.04. The molecule has 0 aromatic heterocycles. The molecule has 1 atom stereocenters. The highest BCUT2D eigenvalue weighted by Gasteiger charge is 2.46. The Morgan fingerprint density at radius 3 is 2.55 bits per heavy atom. The molecule has 20 heavy (non-hydrogen) atoms. The van der Waals surface area contributed by atoms with Crippen molar-refractivity contribution in [3.05, 3.63) is 58.6 Å². The van der Waals surface area contributed by atoms with Gasteiger partial charge in [-0.05, 0) is 29.8 Å². The first kappa shape index (κ1) is 13.0. The molecule has 0 aliphatic carbocycles. The second-order valence-electron chi connectivity index (χ2n) is 4.58. The minimum absolute atomic E-state index is 0.483. The lowest BCUT2D eigenvalue weighted by Crippen LogP contribution is -2.35. The Balaban J connectivity index is 2.13. The largest absolute Gasteiger partial charge is 0.497 e. The van der Waals surface area contributed by atoms with Gasteiger partial charge in [0.1, 0.15) is 5.75 Å². The number of halogens is 1. The average Bonchev–Trinajstić information content (AvgIpc) is 2.71. The molecule has 5 heteroatoms. The van der Waals surface area contributed by atoms with Gasteiger partial charge in [0.15, 0.2) is 5.60 Å². The van der Waals surface area contributed by atoms with Crippen molar-refractivity contribution in [2.75, 3.05) is 12.4 Å². The van der Waals surface area contributed by atoms with Crippen molar-refractivity contribution >= 4 is 23.2 Å². The van der Waals surface area contributed by atoms with Gasteiger partial charge in [-0.25, -0.2) is 0 Å². The van der Waals surface area contributed by atoms with Crippen molar-refractivity contribution in [3.8, 4) is 5.75 Å². The van der Waals surface area contributed by atoms with E-state index in [9.17, 15) is 9.90 Å². The molecular weight excluding hydrogens is 278 g/mol. The number of amides is 1. The second kappa shape index (κ2) is 4.51. The molecule has 102 valence electrons. The predicted octanol–water partition coefficient (Wildman–Crippen LogP) is 2.54. The van der Waals surface area contributed by atoms with E-state index in [0.29, 0.717) is 27.6 Å². The van der Waals surface area contributed by atoms with Crippen molar-refractivity contribution in [1.29, 1.82) is 0 Å². The molecule has 0 radical (unpaired) electrons. The fourth-order valence-corrected chi connectivity index (χ4v) is 2.56. The third-order valence-electron chi connectivity index (χ3n) is 3.46. The zero-order valence-corrected chi connectivity index (χ0v) is 11.4. The second-order valence-corrected chi connectivity index (χ2v) is 5.02. The number of hydrogen-bond acceptors (Lipinski definition) is 3. The molecule has 0 fully saturated rings. The molecule has 1 aliphatic rings. The molecule has 4 nitrogen and oxygen atoms in total. The zero-order valence-electron chi connectivity index (χ0n) is 10.7.